The van der Waals surface area contributed by atoms with Crippen LogP contribution in [0.15, 0.2) is 12.3 Å². The van der Waals surface area contributed by atoms with E-state index in [9.17, 15) is 9.18 Å². The third kappa shape index (κ3) is 3.83. The summed E-state index contributed by atoms with van der Waals surface area (Å²) in [5, 5.41) is 5.93. The highest BCUT2D eigenvalue weighted by Gasteiger charge is 2.19. The van der Waals surface area contributed by atoms with Crippen molar-refractivity contribution in [1.82, 2.24) is 10.3 Å². The molecule has 4 nitrogen and oxygen atoms in total. The highest BCUT2D eigenvalue weighted by molar-refractivity contribution is 7.99. The lowest BCUT2D eigenvalue weighted by Crippen LogP contribution is -2.38. The first-order valence-corrected chi connectivity index (χ1v) is 7.64. The van der Waals surface area contributed by atoms with Gasteiger partial charge in [0.1, 0.15) is 11.6 Å². The minimum absolute atomic E-state index is 0.170. The van der Waals surface area contributed by atoms with Gasteiger partial charge in [0, 0.05) is 18.3 Å². The molecule has 2 N–H and O–H groups in total. The Morgan fingerprint density at radius 1 is 1.63 bits per heavy atom. The molecule has 1 aliphatic rings. The number of anilines is 1. The van der Waals surface area contributed by atoms with Crippen molar-refractivity contribution < 1.29 is 9.18 Å². The van der Waals surface area contributed by atoms with Crippen LogP contribution >= 0.6 is 11.8 Å². The molecule has 0 aliphatic carbocycles. The number of nitrogens with zero attached hydrogens (tertiary/aromatic N) is 1. The van der Waals surface area contributed by atoms with Gasteiger partial charge in [-0.3, -0.25) is 4.79 Å². The van der Waals surface area contributed by atoms with Crippen LogP contribution in [0.4, 0.5) is 10.2 Å². The first kappa shape index (κ1) is 14.1. The Kier molecular flexibility index (Phi) is 5.01. The minimum atomic E-state index is -0.496. The lowest BCUT2D eigenvalue weighted by molar-refractivity contribution is 0.0938. The molecule has 0 saturated carbocycles. The van der Waals surface area contributed by atoms with Crippen LogP contribution in [0.3, 0.4) is 0 Å². The fourth-order valence-electron chi connectivity index (χ4n) is 2.04. The van der Waals surface area contributed by atoms with Crippen LogP contribution in [0.2, 0.25) is 0 Å². The van der Waals surface area contributed by atoms with Gasteiger partial charge in [-0.25, -0.2) is 9.37 Å². The van der Waals surface area contributed by atoms with Crippen LogP contribution in [0.1, 0.15) is 30.1 Å². The summed E-state index contributed by atoms with van der Waals surface area (Å²) < 4.78 is 13.3. The second-order valence-electron chi connectivity index (χ2n) is 4.47. The molecular weight excluding hydrogens is 265 g/mol. The monoisotopic (exact) mass is 283 g/mol. The molecule has 0 bridgehead atoms. The Morgan fingerprint density at radius 3 is 3.16 bits per heavy atom. The van der Waals surface area contributed by atoms with Gasteiger partial charge in [-0.1, -0.05) is 0 Å². The normalized spacial score (nSPS) is 18.9. The zero-order valence-corrected chi connectivity index (χ0v) is 11.7. The van der Waals surface area contributed by atoms with Gasteiger partial charge in [-0.05, 0) is 31.6 Å². The van der Waals surface area contributed by atoms with Gasteiger partial charge in [-0.15, -0.1) is 0 Å². The molecule has 0 radical (unpaired) electrons. The maximum absolute atomic E-state index is 13.3. The lowest BCUT2D eigenvalue weighted by Gasteiger charge is -2.22. The van der Waals surface area contributed by atoms with Crippen LogP contribution in [0, 0.1) is 5.82 Å². The standard InChI is InChI=1S/C13H18FN3OS/c1-2-15-12-11(6-9(14)7-16-12)13(18)17-10-4-3-5-19-8-10/h6-7,10H,2-5,8H2,1H3,(H,15,16)(H,17,18). The van der Waals surface area contributed by atoms with Gasteiger partial charge < -0.3 is 10.6 Å². The Hall–Kier alpha value is -1.30. The third-order valence-electron chi connectivity index (χ3n) is 2.94. The Labute approximate surface area is 116 Å². The molecule has 2 rings (SSSR count). The average Bonchev–Trinajstić information content (AvgIpc) is 2.42. The number of thioether (sulfide) groups is 1. The maximum Gasteiger partial charge on any atom is 0.255 e. The van der Waals surface area contributed by atoms with E-state index < -0.39 is 5.82 Å². The molecule has 6 heteroatoms. The van der Waals surface area contributed by atoms with Crippen molar-refractivity contribution in [1.29, 1.82) is 0 Å². The Balaban J connectivity index is 2.10. The largest absolute Gasteiger partial charge is 0.370 e. The van der Waals surface area contributed by atoms with Crippen molar-refractivity contribution in [3.8, 4) is 0 Å². The molecule has 1 aromatic rings. The molecule has 2 heterocycles. The highest BCUT2D eigenvalue weighted by atomic mass is 32.2. The quantitative estimate of drug-likeness (QED) is 0.890. The summed E-state index contributed by atoms with van der Waals surface area (Å²) in [5.74, 6) is 1.76. The van der Waals surface area contributed by atoms with Crippen LogP contribution in [0.5, 0.6) is 0 Å². The van der Waals surface area contributed by atoms with Crippen molar-refractivity contribution >= 4 is 23.5 Å². The van der Waals surface area contributed by atoms with Crippen LogP contribution in [0.25, 0.3) is 0 Å². The Bertz CT molecular complexity index is 450. The maximum atomic E-state index is 13.3. The van der Waals surface area contributed by atoms with E-state index in [0.29, 0.717) is 12.4 Å². The van der Waals surface area contributed by atoms with Gasteiger partial charge in [0.15, 0.2) is 0 Å². The summed E-state index contributed by atoms with van der Waals surface area (Å²) in [5.41, 5.74) is 0.275. The minimum Gasteiger partial charge on any atom is -0.370 e. The fourth-order valence-corrected chi connectivity index (χ4v) is 3.11. The van der Waals surface area contributed by atoms with Gasteiger partial charge in [-0.2, -0.15) is 11.8 Å². The summed E-state index contributed by atoms with van der Waals surface area (Å²) in [6.45, 7) is 2.54. The van der Waals surface area contributed by atoms with E-state index in [0.717, 1.165) is 30.5 Å². The molecule has 1 saturated heterocycles. The van der Waals surface area contributed by atoms with Gasteiger partial charge in [0.25, 0.3) is 5.91 Å². The highest BCUT2D eigenvalue weighted by Crippen LogP contribution is 2.19. The van der Waals surface area contributed by atoms with Gasteiger partial charge in [0.05, 0.1) is 11.8 Å². The topological polar surface area (TPSA) is 54.0 Å². The number of hydrogen-bond donors (Lipinski definition) is 2. The van der Waals surface area contributed by atoms with E-state index in [2.05, 4.69) is 15.6 Å². The number of pyridine rings is 1. The zero-order valence-electron chi connectivity index (χ0n) is 10.9. The van der Waals surface area contributed by atoms with E-state index in [1.54, 1.807) is 0 Å². The zero-order chi connectivity index (χ0) is 13.7. The SMILES string of the molecule is CCNc1ncc(F)cc1C(=O)NC1CCCSC1. The molecule has 1 aliphatic heterocycles. The van der Waals surface area contributed by atoms with Crippen molar-refractivity contribution in [3.63, 3.8) is 0 Å². The predicted molar refractivity (Wildman–Crippen MR) is 76.2 cm³/mol. The molecule has 1 unspecified atom stereocenters. The number of carbonyl (C=O) groups excluding carboxylic acids is 1. The average molecular weight is 283 g/mol. The van der Waals surface area contributed by atoms with E-state index in [-0.39, 0.29) is 17.5 Å². The smallest absolute Gasteiger partial charge is 0.255 e. The van der Waals surface area contributed by atoms with Crippen molar-refractivity contribution in [3.05, 3.63) is 23.6 Å². The third-order valence-corrected chi connectivity index (χ3v) is 4.15. The number of amides is 1. The van der Waals surface area contributed by atoms with Crippen molar-refractivity contribution in [2.45, 2.75) is 25.8 Å². The Morgan fingerprint density at radius 2 is 2.47 bits per heavy atom. The van der Waals surface area contributed by atoms with Crippen molar-refractivity contribution in [2.75, 3.05) is 23.4 Å². The number of rotatable bonds is 4. The molecule has 104 valence electrons. The number of halogens is 1. The molecule has 1 aromatic heterocycles. The summed E-state index contributed by atoms with van der Waals surface area (Å²) in [6.07, 6.45) is 3.21. The second-order valence-corrected chi connectivity index (χ2v) is 5.62. The fraction of sp³-hybridized carbons (Fsp3) is 0.538. The van der Waals surface area contributed by atoms with E-state index in [1.807, 2.05) is 18.7 Å². The molecular formula is C13H18FN3OS. The number of nitrogens with one attached hydrogen (secondary N) is 2. The van der Waals surface area contributed by atoms with Gasteiger partial charge >= 0.3 is 0 Å². The summed E-state index contributed by atoms with van der Waals surface area (Å²) in [6, 6.07) is 1.40. The molecule has 19 heavy (non-hydrogen) atoms. The first-order chi connectivity index (χ1) is 9.20. The van der Waals surface area contributed by atoms with E-state index in [1.165, 1.54) is 6.07 Å². The number of aromatic nitrogens is 1. The van der Waals surface area contributed by atoms with Crippen molar-refractivity contribution in [2.24, 2.45) is 0 Å². The number of hydrogen-bond acceptors (Lipinski definition) is 4. The van der Waals surface area contributed by atoms with Crippen LogP contribution in [-0.2, 0) is 0 Å². The van der Waals surface area contributed by atoms with E-state index >= 15 is 0 Å². The molecule has 0 spiro atoms. The summed E-state index contributed by atoms with van der Waals surface area (Å²) in [4.78, 5) is 16.1. The molecule has 0 aromatic carbocycles. The molecule has 1 amide bonds. The first-order valence-electron chi connectivity index (χ1n) is 6.48. The van der Waals surface area contributed by atoms with E-state index in [4.69, 9.17) is 0 Å². The summed E-state index contributed by atoms with van der Waals surface area (Å²) >= 11 is 1.84. The molecule has 1 fully saturated rings. The predicted octanol–water partition coefficient (Wildman–Crippen LogP) is 2.28. The lowest BCUT2D eigenvalue weighted by atomic mass is 10.1. The molecule has 1 atom stereocenters. The van der Waals surface area contributed by atoms with Crippen LogP contribution < -0.4 is 10.6 Å². The summed E-state index contributed by atoms with van der Waals surface area (Å²) in [7, 11) is 0. The number of carbonyl (C=O) groups is 1. The van der Waals surface area contributed by atoms with Gasteiger partial charge in [0.2, 0.25) is 0 Å². The van der Waals surface area contributed by atoms with Crippen LogP contribution in [-0.4, -0.2) is 35.0 Å². The second kappa shape index (κ2) is 6.75.